The van der Waals surface area contributed by atoms with E-state index in [2.05, 4.69) is 17.2 Å². The molecule has 1 aromatic heterocycles. The number of hydrogen-bond donors (Lipinski definition) is 2. The molecule has 5 heteroatoms. The summed E-state index contributed by atoms with van der Waals surface area (Å²) < 4.78 is 18.7. The van der Waals surface area contributed by atoms with Crippen molar-refractivity contribution in [3.05, 3.63) is 59.3 Å². The molecule has 2 rings (SSSR count). The van der Waals surface area contributed by atoms with E-state index in [1.165, 1.54) is 24.5 Å². The minimum absolute atomic E-state index is 0.0552. The summed E-state index contributed by atoms with van der Waals surface area (Å²) in [4.78, 5) is 11.9. The predicted molar refractivity (Wildman–Crippen MR) is 72.2 cm³/mol. The quantitative estimate of drug-likeness (QED) is 0.835. The molecule has 0 unspecified atom stereocenters. The highest BCUT2D eigenvalue weighted by Gasteiger charge is 2.12. The van der Waals surface area contributed by atoms with Gasteiger partial charge in [0.15, 0.2) is 0 Å². The smallest absolute Gasteiger partial charge is 0.254 e. The maximum absolute atomic E-state index is 13.7. The third kappa shape index (κ3) is 3.46. The summed E-state index contributed by atoms with van der Waals surface area (Å²) in [5.74, 6) is 4.89. The second-order valence-electron chi connectivity index (χ2n) is 3.96. The minimum atomic E-state index is -0.597. The van der Waals surface area contributed by atoms with Crippen LogP contribution < -0.4 is 11.1 Å². The topological polar surface area (TPSA) is 68.3 Å². The summed E-state index contributed by atoms with van der Waals surface area (Å²) in [6, 6.07) is 7.55. The molecule has 0 saturated carbocycles. The number of nitrogens with one attached hydrogen (secondary N) is 1. The van der Waals surface area contributed by atoms with E-state index in [0.29, 0.717) is 11.3 Å². The lowest BCUT2D eigenvalue weighted by Crippen LogP contribution is -2.23. The number of amides is 1. The van der Waals surface area contributed by atoms with Gasteiger partial charge in [-0.1, -0.05) is 11.8 Å². The molecule has 4 nitrogen and oxygen atoms in total. The van der Waals surface area contributed by atoms with Crippen LogP contribution in [0.1, 0.15) is 21.7 Å². The Hall–Kier alpha value is -2.58. The van der Waals surface area contributed by atoms with E-state index >= 15 is 0 Å². The molecule has 0 spiro atoms. The van der Waals surface area contributed by atoms with Crippen LogP contribution in [0.5, 0.6) is 0 Å². The zero-order valence-electron chi connectivity index (χ0n) is 10.7. The fourth-order valence-electron chi connectivity index (χ4n) is 1.61. The molecule has 1 heterocycles. The van der Waals surface area contributed by atoms with Gasteiger partial charge in [0, 0.05) is 5.56 Å². The zero-order valence-corrected chi connectivity index (χ0v) is 10.7. The van der Waals surface area contributed by atoms with Crippen LogP contribution in [-0.4, -0.2) is 12.5 Å². The van der Waals surface area contributed by atoms with E-state index in [9.17, 15) is 9.18 Å². The Morgan fingerprint density at radius 1 is 1.40 bits per heavy atom. The molecule has 0 aliphatic heterocycles. The van der Waals surface area contributed by atoms with Gasteiger partial charge in [0.05, 0.1) is 24.9 Å². The van der Waals surface area contributed by atoms with Crippen molar-refractivity contribution in [3.8, 4) is 11.8 Å². The number of carbonyl (C=O) groups is 1. The molecule has 3 N–H and O–H groups in total. The predicted octanol–water partition coefficient (Wildman–Crippen LogP) is 1.66. The third-order valence-corrected chi connectivity index (χ3v) is 2.55. The van der Waals surface area contributed by atoms with Gasteiger partial charge in [0.2, 0.25) is 0 Å². The lowest BCUT2D eigenvalue weighted by molar-refractivity contribution is 0.0944. The highest BCUT2D eigenvalue weighted by Crippen LogP contribution is 2.10. The summed E-state index contributed by atoms with van der Waals surface area (Å²) in [6.45, 7) is 0.404. The van der Waals surface area contributed by atoms with Gasteiger partial charge in [-0.15, -0.1) is 0 Å². The molecular formula is C15H13FN2O2. The Morgan fingerprint density at radius 2 is 2.25 bits per heavy atom. The maximum Gasteiger partial charge on any atom is 0.254 e. The highest BCUT2D eigenvalue weighted by atomic mass is 19.1. The number of rotatable bonds is 3. The fraction of sp³-hybridized carbons (Fsp3) is 0.133. The fourth-order valence-corrected chi connectivity index (χ4v) is 1.61. The van der Waals surface area contributed by atoms with Crippen molar-refractivity contribution >= 4 is 5.91 Å². The Morgan fingerprint density at radius 3 is 2.95 bits per heavy atom. The summed E-state index contributed by atoms with van der Waals surface area (Å²) in [7, 11) is 0. The SMILES string of the molecule is NCC#Cc1ccc(F)c(C(=O)NCc2ccco2)c1. The maximum atomic E-state index is 13.7. The Labute approximate surface area is 115 Å². The van der Waals surface area contributed by atoms with E-state index in [-0.39, 0.29) is 18.7 Å². The first-order valence-corrected chi connectivity index (χ1v) is 6.00. The van der Waals surface area contributed by atoms with Crippen LogP contribution in [0.3, 0.4) is 0 Å². The zero-order chi connectivity index (χ0) is 14.4. The number of halogens is 1. The van der Waals surface area contributed by atoms with E-state index < -0.39 is 11.7 Å². The molecule has 1 aromatic carbocycles. The van der Waals surface area contributed by atoms with Crippen molar-refractivity contribution in [2.24, 2.45) is 5.73 Å². The highest BCUT2D eigenvalue weighted by molar-refractivity contribution is 5.94. The molecule has 102 valence electrons. The van der Waals surface area contributed by atoms with Crippen LogP contribution in [-0.2, 0) is 6.54 Å². The van der Waals surface area contributed by atoms with Crippen LogP contribution in [0.25, 0.3) is 0 Å². The second kappa shape index (κ2) is 6.55. The van der Waals surface area contributed by atoms with E-state index in [1.54, 1.807) is 12.1 Å². The van der Waals surface area contributed by atoms with Gasteiger partial charge >= 0.3 is 0 Å². The van der Waals surface area contributed by atoms with Crippen molar-refractivity contribution in [3.63, 3.8) is 0 Å². The first-order chi connectivity index (χ1) is 9.70. The number of furan rings is 1. The molecule has 2 aromatic rings. The molecule has 0 radical (unpaired) electrons. The second-order valence-corrected chi connectivity index (χ2v) is 3.96. The number of benzene rings is 1. The minimum Gasteiger partial charge on any atom is -0.467 e. The molecule has 0 aliphatic carbocycles. The lowest BCUT2D eigenvalue weighted by Gasteiger charge is -2.05. The third-order valence-electron chi connectivity index (χ3n) is 2.55. The normalized spacial score (nSPS) is 9.70. The van der Waals surface area contributed by atoms with Crippen LogP contribution in [0.4, 0.5) is 4.39 Å². The number of nitrogens with two attached hydrogens (primary N) is 1. The largest absolute Gasteiger partial charge is 0.467 e. The van der Waals surface area contributed by atoms with Gasteiger partial charge < -0.3 is 15.5 Å². The monoisotopic (exact) mass is 272 g/mol. The summed E-state index contributed by atoms with van der Waals surface area (Å²) >= 11 is 0. The average molecular weight is 272 g/mol. The van der Waals surface area contributed by atoms with E-state index in [0.717, 1.165) is 0 Å². The molecule has 0 aliphatic rings. The van der Waals surface area contributed by atoms with Gasteiger partial charge in [-0.25, -0.2) is 4.39 Å². The van der Waals surface area contributed by atoms with Crippen molar-refractivity contribution in [2.45, 2.75) is 6.54 Å². The molecule has 20 heavy (non-hydrogen) atoms. The van der Waals surface area contributed by atoms with E-state index in [1.807, 2.05) is 0 Å². The van der Waals surface area contributed by atoms with Gasteiger partial charge in [0.1, 0.15) is 11.6 Å². The van der Waals surface area contributed by atoms with Crippen molar-refractivity contribution in [1.29, 1.82) is 0 Å². The van der Waals surface area contributed by atoms with Gasteiger partial charge in [-0.05, 0) is 30.3 Å². The summed E-state index contributed by atoms with van der Waals surface area (Å²) in [5.41, 5.74) is 5.76. The Kier molecular flexibility index (Phi) is 4.53. The standard InChI is InChI=1S/C15H13FN2O2/c16-14-6-5-11(3-1-7-17)9-13(14)15(19)18-10-12-4-2-8-20-12/h2,4-6,8-9H,7,10,17H2,(H,18,19). The molecular weight excluding hydrogens is 259 g/mol. The first kappa shape index (κ1) is 13.8. The van der Waals surface area contributed by atoms with E-state index in [4.69, 9.17) is 10.2 Å². The summed E-state index contributed by atoms with van der Waals surface area (Å²) in [5, 5.41) is 2.58. The van der Waals surface area contributed by atoms with Crippen LogP contribution in [0, 0.1) is 17.7 Å². The number of carbonyl (C=O) groups excluding carboxylic acids is 1. The molecule has 0 atom stereocenters. The lowest BCUT2D eigenvalue weighted by atomic mass is 10.1. The van der Waals surface area contributed by atoms with Gasteiger partial charge in [0.25, 0.3) is 5.91 Å². The van der Waals surface area contributed by atoms with Crippen molar-refractivity contribution < 1.29 is 13.6 Å². The molecule has 0 bridgehead atoms. The van der Waals surface area contributed by atoms with Gasteiger partial charge in [-0.2, -0.15) is 0 Å². The Bertz CT molecular complexity index is 654. The number of hydrogen-bond acceptors (Lipinski definition) is 3. The van der Waals surface area contributed by atoms with Crippen LogP contribution in [0.15, 0.2) is 41.0 Å². The first-order valence-electron chi connectivity index (χ1n) is 6.00. The molecule has 0 fully saturated rings. The van der Waals surface area contributed by atoms with Crippen LogP contribution in [0.2, 0.25) is 0 Å². The molecule has 1 amide bonds. The molecule has 0 saturated heterocycles. The summed E-state index contributed by atoms with van der Waals surface area (Å²) in [6.07, 6.45) is 1.51. The van der Waals surface area contributed by atoms with Crippen LogP contribution >= 0.6 is 0 Å². The van der Waals surface area contributed by atoms with Crippen molar-refractivity contribution in [2.75, 3.05) is 6.54 Å². The van der Waals surface area contributed by atoms with Crippen molar-refractivity contribution in [1.82, 2.24) is 5.32 Å². The van der Waals surface area contributed by atoms with Gasteiger partial charge in [-0.3, -0.25) is 4.79 Å². The average Bonchev–Trinajstić information content (AvgIpc) is 2.97. The Balaban J connectivity index is 2.12.